The summed E-state index contributed by atoms with van der Waals surface area (Å²) in [6, 6.07) is 1.44. The minimum absolute atomic E-state index is 0.428. The van der Waals surface area contributed by atoms with E-state index in [1.165, 1.54) is 6.07 Å². The number of nitrogens with zero attached hydrogens (tertiary/aromatic N) is 2. The number of likely N-dealkylation sites (N-methyl/N-ethyl adjacent to an activating group) is 1. The molecule has 0 radical (unpaired) electrons. The quantitative estimate of drug-likeness (QED) is 0.611. The molecule has 1 aromatic heterocycles. The zero-order valence-electron chi connectivity index (χ0n) is 8.83. The minimum Gasteiger partial charge on any atom is -0.383 e. The van der Waals surface area contributed by atoms with Gasteiger partial charge in [0, 0.05) is 36.0 Å². The molecule has 0 saturated carbocycles. The standard InChI is InChI=1S/C10H14FIN2O/c1-14(3-4-15-2)7-8-6-13-10(11)5-9(8)12/h5-6H,3-4,7H2,1-2H3. The van der Waals surface area contributed by atoms with Gasteiger partial charge in [0.05, 0.1) is 6.61 Å². The predicted octanol–water partition coefficient (Wildman–Crippen LogP) is 1.90. The Morgan fingerprint density at radius 3 is 2.93 bits per heavy atom. The molecule has 0 N–H and O–H groups in total. The molecule has 0 aromatic carbocycles. The topological polar surface area (TPSA) is 25.4 Å². The fraction of sp³-hybridized carbons (Fsp3) is 0.500. The highest BCUT2D eigenvalue weighted by Gasteiger charge is 2.05. The summed E-state index contributed by atoms with van der Waals surface area (Å²) in [5, 5.41) is 0. The van der Waals surface area contributed by atoms with Crippen LogP contribution in [0.4, 0.5) is 4.39 Å². The van der Waals surface area contributed by atoms with E-state index >= 15 is 0 Å². The lowest BCUT2D eigenvalue weighted by atomic mass is 10.3. The van der Waals surface area contributed by atoms with Gasteiger partial charge in [-0.25, -0.2) is 4.98 Å². The molecule has 0 saturated heterocycles. The van der Waals surface area contributed by atoms with E-state index in [4.69, 9.17) is 4.74 Å². The zero-order valence-corrected chi connectivity index (χ0v) is 11.0. The Morgan fingerprint density at radius 1 is 1.60 bits per heavy atom. The van der Waals surface area contributed by atoms with Crippen LogP contribution < -0.4 is 0 Å². The van der Waals surface area contributed by atoms with E-state index in [1.54, 1.807) is 13.3 Å². The Labute approximate surface area is 103 Å². The predicted molar refractivity (Wildman–Crippen MR) is 65.1 cm³/mol. The molecule has 0 spiro atoms. The molecule has 1 rings (SSSR count). The lowest BCUT2D eigenvalue weighted by Crippen LogP contribution is -2.22. The molecule has 0 unspecified atom stereocenters. The van der Waals surface area contributed by atoms with Crippen molar-refractivity contribution in [3.8, 4) is 0 Å². The lowest BCUT2D eigenvalue weighted by molar-refractivity contribution is 0.158. The van der Waals surface area contributed by atoms with Gasteiger partial charge >= 0.3 is 0 Å². The van der Waals surface area contributed by atoms with Gasteiger partial charge in [-0.15, -0.1) is 0 Å². The van der Waals surface area contributed by atoms with E-state index in [9.17, 15) is 4.39 Å². The third kappa shape index (κ3) is 4.40. The maximum atomic E-state index is 12.7. The molecule has 1 aromatic rings. The maximum Gasteiger partial charge on any atom is 0.213 e. The van der Waals surface area contributed by atoms with Crippen LogP contribution in [-0.2, 0) is 11.3 Å². The average Bonchev–Trinajstić information content (AvgIpc) is 2.19. The second-order valence-corrected chi connectivity index (χ2v) is 4.49. The van der Waals surface area contributed by atoms with Crippen LogP contribution >= 0.6 is 22.6 Å². The van der Waals surface area contributed by atoms with Crippen LogP contribution in [0.3, 0.4) is 0 Å². The Bertz CT molecular complexity index is 322. The summed E-state index contributed by atoms with van der Waals surface area (Å²) in [6.07, 6.45) is 1.58. The molecule has 0 aliphatic rings. The van der Waals surface area contributed by atoms with Crippen LogP contribution in [0.15, 0.2) is 12.3 Å². The fourth-order valence-corrected chi connectivity index (χ4v) is 1.74. The van der Waals surface area contributed by atoms with E-state index in [0.717, 1.165) is 22.2 Å². The summed E-state index contributed by atoms with van der Waals surface area (Å²) in [5.74, 6) is -0.428. The van der Waals surface area contributed by atoms with Crippen molar-refractivity contribution in [2.45, 2.75) is 6.54 Å². The van der Waals surface area contributed by atoms with Crippen molar-refractivity contribution in [1.82, 2.24) is 9.88 Å². The Hall–Kier alpha value is -0.270. The number of halogens is 2. The van der Waals surface area contributed by atoms with Crippen molar-refractivity contribution in [1.29, 1.82) is 0 Å². The van der Waals surface area contributed by atoms with Crippen molar-refractivity contribution < 1.29 is 9.13 Å². The van der Waals surface area contributed by atoms with E-state index < -0.39 is 5.95 Å². The van der Waals surface area contributed by atoms with Crippen LogP contribution in [0, 0.1) is 9.52 Å². The number of pyridine rings is 1. The zero-order chi connectivity index (χ0) is 11.3. The van der Waals surface area contributed by atoms with Gasteiger partial charge in [-0.3, -0.25) is 4.90 Å². The van der Waals surface area contributed by atoms with Gasteiger partial charge in [0.2, 0.25) is 5.95 Å². The number of hydrogen-bond donors (Lipinski definition) is 0. The summed E-state index contributed by atoms with van der Waals surface area (Å²) in [5.41, 5.74) is 1.04. The van der Waals surface area contributed by atoms with Crippen molar-refractivity contribution in [2.24, 2.45) is 0 Å². The van der Waals surface area contributed by atoms with Crippen LogP contribution in [0.5, 0.6) is 0 Å². The molecule has 0 fully saturated rings. The first-order valence-electron chi connectivity index (χ1n) is 4.61. The molecule has 0 bridgehead atoms. The van der Waals surface area contributed by atoms with Gasteiger partial charge in [0.15, 0.2) is 0 Å². The lowest BCUT2D eigenvalue weighted by Gasteiger charge is -2.16. The van der Waals surface area contributed by atoms with Gasteiger partial charge < -0.3 is 4.74 Å². The number of ether oxygens (including phenoxy) is 1. The van der Waals surface area contributed by atoms with E-state index in [1.807, 2.05) is 7.05 Å². The molecular formula is C10H14FIN2O. The van der Waals surface area contributed by atoms with Gasteiger partial charge in [-0.2, -0.15) is 4.39 Å². The first kappa shape index (κ1) is 12.8. The second-order valence-electron chi connectivity index (χ2n) is 3.33. The van der Waals surface area contributed by atoms with Crippen molar-refractivity contribution in [3.05, 3.63) is 27.3 Å². The number of rotatable bonds is 5. The normalized spacial score (nSPS) is 11.0. The van der Waals surface area contributed by atoms with E-state index in [0.29, 0.717) is 6.61 Å². The summed E-state index contributed by atoms with van der Waals surface area (Å²) in [4.78, 5) is 5.76. The van der Waals surface area contributed by atoms with Gasteiger partial charge in [-0.1, -0.05) is 0 Å². The molecule has 5 heteroatoms. The van der Waals surface area contributed by atoms with Crippen LogP contribution in [0.1, 0.15) is 5.56 Å². The molecule has 0 amide bonds. The largest absolute Gasteiger partial charge is 0.383 e. The third-order valence-corrected chi connectivity index (χ3v) is 3.02. The molecular weight excluding hydrogens is 310 g/mol. The summed E-state index contributed by atoms with van der Waals surface area (Å²) in [7, 11) is 3.68. The van der Waals surface area contributed by atoms with Crippen molar-refractivity contribution in [3.63, 3.8) is 0 Å². The van der Waals surface area contributed by atoms with Crippen molar-refractivity contribution in [2.75, 3.05) is 27.3 Å². The number of hydrogen-bond acceptors (Lipinski definition) is 3. The highest BCUT2D eigenvalue weighted by molar-refractivity contribution is 14.1. The highest BCUT2D eigenvalue weighted by atomic mass is 127. The van der Waals surface area contributed by atoms with Gasteiger partial charge in [-0.05, 0) is 35.2 Å². The minimum atomic E-state index is -0.428. The fourth-order valence-electron chi connectivity index (χ4n) is 1.17. The first-order valence-corrected chi connectivity index (χ1v) is 5.68. The van der Waals surface area contributed by atoms with E-state index in [2.05, 4.69) is 32.5 Å². The molecule has 3 nitrogen and oxygen atoms in total. The Kier molecular flexibility index (Phi) is 5.41. The molecule has 0 aliphatic heterocycles. The molecule has 0 atom stereocenters. The van der Waals surface area contributed by atoms with E-state index in [-0.39, 0.29) is 0 Å². The van der Waals surface area contributed by atoms with Gasteiger partial charge in [0.1, 0.15) is 0 Å². The van der Waals surface area contributed by atoms with Crippen LogP contribution in [0.2, 0.25) is 0 Å². The molecule has 0 aliphatic carbocycles. The molecule has 15 heavy (non-hydrogen) atoms. The Morgan fingerprint density at radius 2 is 2.33 bits per heavy atom. The SMILES string of the molecule is COCCN(C)Cc1cnc(F)cc1I. The number of aromatic nitrogens is 1. The van der Waals surface area contributed by atoms with Crippen LogP contribution in [-0.4, -0.2) is 37.2 Å². The third-order valence-electron chi connectivity index (χ3n) is 2.01. The van der Waals surface area contributed by atoms with Crippen LogP contribution in [0.25, 0.3) is 0 Å². The van der Waals surface area contributed by atoms with Crippen molar-refractivity contribution >= 4 is 22.6 Å². The highest BCUT2D eigenvalue weighted by Crippen LogP contribution is 2.13. The number of methoxy groups -OCH3 is 1. The molecule has 1 heterocycles. The summed E-state index contributed by atoms with van der Waals surface area (Å²) >= 11 is 2.12. The smallest absolute Gasteiger partial charge is 0.213 e. The second kappa shape index (κ2) is 6.34. The summed E-state index contributed by atoms with van der Waals surface area (Å²) in [6.45, 7) is 2.31. The monoisotopic (exact) mass is 324 g/mol. The average molecular weight is 324 g/mol. The molecule has 84 valence electrons. The Balaban J connectivity index is 2.56. The maximum absolute atomic E-state index is 12.7. The van der Waals surface area contributed by atoms with Gasteiger partial charge in [0.25, 0.3) is 0 Å². The summed E-state index contributed by atoms with van der Waals surface area (Å²) < 4.78 is 18.6. The first-order chi connectivity index (χ1) is 7.13.